The first kappa shape index (κ1) is 15.1. The van der Waals surface area contributed by atoms with Crippen LogP contribution in [0.4, 0.5) is 5.82 Å². The van der Waals surface area contributed by atoms with Gasteiger partial charge in [-0.15, -0.1) is 5.10 Å². The number of aromatic nitrogens is 3. The van der Waals surface area contributed by atoms with Gasteiger partial charge in [-0.25, -0.2) is 0 Å². The highest BCUT2D eigenvalue weighted by atomic mass is 16.5. The first-order valence-corrected chi connectivity index (χ1v) is 8.50. The van der Waals surface area contributed by atoms with E-state index in [1.165, 1.54) is 30.3 Å². The number of nitrogens with zero attached hydrogens (tertiary/aromatic N) is 4. The molecule has 3 heterocycles. The van der Waals surface area contributed by atoms with Gasteiger partial charge >= 0.3 is 0 Å². The van der Waals surface area contributed by atoms with Crippen molar-refractivity contribution < 1.29 is 9.32 Å². The van der Waals surface area contributed by atoms with Crippen molar-refractivity contribution in [2.45, 2.75) is 32.6 Å². The van der Waals surface area contributed by atoms with Crippen molar-refractivity contribution in [2.24, 2.45) is 5.92 Å². The summed E-state index contributed by atoms with van der Waals surface area (Å²) in [7, 11) is 0. The predicted octanol–water partition coefficient (Wildman–Crippen LogP) is 1.52. The van der Waals surface area contributed by atoms with Crippen LogP contribution in [0.2, 0.25) is 0 Å². The summed E-state index contributed by atoms with van der Waals surface area (Å²) < 4.78 is 4.92. The second-order valence-electron chi connectivity index (χ2n) is 6.66. The van der Waals surface area contributed by atoms with E-state index in [1.54, 1.807) is 6.92 Å². The third-order valence-electron chi connectivity index (χ3n) is 4.88. The molecule has 0 saturated carbocycles. The summed E-state index contributed by atoms with van der Waals surface area (Å²) in [5.41, 5.74) is 3.02. The SMILES string of the molecule is Cc1oncc1C(=O)NCC1CN(c2cc3c(nn2)CCCC3)C1. The van der Waals surface area contributed by atoms with Gasteiger partial charge < -0.3 is 14.7 Å². The van der Waals surface area contributed by atoms with Crippen LogP contribution in [0.1, 0.15) is 40.2 Å². The van der Waals surface area contributed by atoms with E-state index in [1.807, 2.05) is 0 Å². The number of carbonyl (C=O) groups is 1. The molecule has 7 heteroatoms. The molecule has 2 aromatic heterocycles. The largest absolute Gasteiger partial charge is 0.361 e. The van der Waals surface area contributed by atoms with Gasteiger partial charge in [-0.1, -0.05) is 5.16 Å². The molecule has 126 valence electrons. The molecule has 0 spiro atoms. The van der Waals surface area contributed by atoms with Crippen molar-refractivity contribution in [3.05, 3.63) is 34.8 Å². The van der Waals surface area contributed by atoms with Crippen LogP contribution >= 0.6 is 0 Å². The molecule has 1 aliphatic carbocycles. The Labute approximate surface area is 140 Å². The third kappa shape index (κ3) is 2.86. The molecule has 1 aliphatic heterocycles. The van der Waals surface area contributed by atoms with Gasteiger partial charge in [0.2, 0.25) is 0 Å². The smallest absolute Gasteiger partial charge is 0.256 e. The molecule has 0 atom stereocenters. The van der Waals surface area contributed by atoms with Crippen molar-refractivity contribution >= 4 is 11.7 Å². The van der Waals surface area contributed by atoms with Crippen molar-refractivity contribution in [1.82, 2.24) is 20.7 Å². The number of hydrogen-bond donors (Lipinski definition) is 1. The van der Waals surface area contributed by atoms with E-state index in [0.29, 0.717) is 23.8 Å². The minimum absolute atomic E-state index is 0.124. The normalized spacial score (nSPS) is 17.3. The fraction of sp³-hybridized carbons (Fsp3) is 0.529. The summed E-state index contributed by atoms with van der Waals surface area (Å²) >= 11 is 0. The van der Waals surface area contributed by atoms with Gasteiger partial charge in [-0.2, -0.15) is 5.10 Å². The van der Waals surface area contributed by atoms with E-state index in [4.69, 9.17) is 4.52 Å². The summed E-state index contributed by atoms with van der Waals surface area (Å²) in [4.78, 5) is 14.3. The van der Waals surface area contributed by atoms with Gasteiger partial charge in [-0.3, -0.25) is 4.79 Å². The lowest BCUT2D eigenvalue weighted by molar-refractivity contribution is 0.0943. The Balaban J connectivity index is 1.29. The molecular formula is C17H21N5O2. The monoisotopic (exact) mass is 327 g/mol. The Morgan fingerprint density at radius 3 is 2.96 bits per heavy atom. The molecule has 1 N–H and O–H groups in total. The van der Waals surface area contributed by atoms with Crippen LogP contribution in [0.5, 0.6) is 0 Å². The second-order valence-corrected chi connectivity index (χ2v) is 6.66. The maximum absolute atomic E-state index is 12.0. The summed E-state index contributed by atoms with van der Waals surface area (Å²) in [5.74, 6) is 1.83. The quantitative estimate of drug-likeness (QED) is 0.916. The van der Waals surface area contributed by atoms with Crippen LogP contribution in [0.15, 0.2) is 16.8 Å². The zero-order valence-corrected chi connectivity index (χ0v) is 13.8. The first-order valence-electron chi connectivity index (χ1n) is 8.50. The van der Waals surface area contributed by atoms with Crippen LogP contribution in [0.3, 0.4) is 0 Å². The number of amides is 1. The molecule has 1 saturated heterocycles. The summed E-state index contributed by atoms with van der Waals surface area (Å²) in [6.45, 7) is 4.19. The van der Waals surface area contributed by atoms with Gasteiger partial charge in [0, 0.05) is 25.6 Å². The number of nitrogens with one attached hydrogen (secondary N) is 1. The molecule has 0 unspecified atom stereocenters. The average molecular weight is 327 g/mol. The Morgan fingerprint density at radius 2 is 2.17 bits per heavy atom. The fourth-order valence-corrected chi connectivity index (χ4v) is 3.37. The highest BCUT2D eigenvalue weighted by Gasteiger charge is 2.29. The second kappa shape index (κ2) is 6.22. The van der Waals surface area contributed by atoms with E-state index in [0.717, 1.165) is 31.7 Å². The predicted molar refractivity (Wildman–Crippen MR) is 88.0 cm³/mol. The minimum Gasteiger partial charge on any atom is -0.361 e. The molecule has 1 amide bonds. The molecule has 24 heavy (non-hydrogen) atoms. The fourth-order valence-electron chi connectivity index (χ4n) is 3.37. The molecule has 0 radical (unpaired) electrons. The topological polar surface area (TPSA) is 84.2 Å². The van der Waals surface area contributed by atoms with Crippen LogP contribution in [-0.2, 0) is 12.8 Å². The minimum atomic E-state index is -0.124. The van der Waals surface area contributed by atoms with Gasteiger partial charge in [0.1, 0.15) is 11.3 Å². The van der Waals surface area contributed by atoms with Crippen LogP contribution in [-0.4, -0.2) is 40.9 Å². The van der Waals surface area contributed by atoms with E-state index in [9.17, 15) is 4.79 Å². The maximum atomic E-state index is 12.0. The molecule has 2 aliphatic rings. The zero-order chi connectivity index (χ0) is 16.5. The summed E-state index contributed by atoms with van der Waals surface area (Å²) in [6, 6.07) is 2.19. The Morgan fingerprint density at radius 1 is 1.33 bits per heavy atom. The van der Waals surface area contributed by atoms with E-state index >= 15 is 0 Å². The molecular weight excluding hydrogens is 306 g/mol. The molecule has 0 aromatic carbocycles. The standard InChI is InChI=1S/C17H21N5O2/c1-11-14(8-19-24-11)17(23)18-7-12-9-22(10-12)16-6-13-4-2-3-5-15(13)20-21-16/h6,8,12H,2-5,7,9-10H2,1H3,(H,18,23). The number of hydrogen-bond acceptors (Lipinski definition) is 6. The third-order valence-corrected chi connectivity index (χ3v) is 4.88. The lowest BCUT2D eigenvalue weighted by Crippen LogP contribution is -2.52. The van der Waals surface area contributed by atoms with Crippen LogP contribution in [0.25, 0.3) is 0 Å². The number of fused-ring (bicyclic) bond motifs is 1. The van der Waals surface area contributed by atoms with Crippen LogP contribution in [0, 0.1) is 12.8 Å². The van der Waals surface area contributed by atoms with Crippen molar-refractivity contribution in [3.63, 3.8) is 0 Å². The lowest BCUT2D eigenvalue weighted by Gasteiger charge is -2.40. The average Bonchev–Trinajstić information content (AvgIpc) is 2.99. The van der Waals surface area contributed by atoms with Gasteiger partial charge in [0.15, 0.2) is 5.82 Å². The molecule has 7 nitrogen and oxygen atoms in total. The molecule has 1 fully saturated rings. The first-order chi connectivity index (χ1) is 11.7. The zero-order valence-electron chi connectivity index (χ0n) is 13.8. The van der Waals surface area contributed by atoms with E-state index < -0.39 is 0 Å². The van der Waals surface area contributed by atoms with Crippen molar-refractivity contribution in [1.29, 1.82) is 0 Å². The summed E-state index contributed by atoms with van der Waals surface area (Å²) in [5, 5.41) is 15.3. The molecule has 0 bridgehead atoms. The number of aryl methyl sites for hydroxylation is 3. The van der Waals surface area contributed by atoms with Crippen molar-refractivity contribution in [3.8, 4) is 0 Å². The van der Waals surface area contributed by atoms with E-state index in [-0.39, 0.29) is 5.91 Å². The van der Waals surface area contributed by atoms with Gasteiger partial charge in [-0.05, 0) is 44.2 Å². The molecule has 2 aromatic rings. The number of anilines is 1. The highest BCUT2D eigenvalue weighted by Crippen LogP contribution is 2.26. The van der Waals surface area contributed by atoms with Crippen LogP contribution < -0.4 is 10.2 Å². The Kier molecular flexibility index (Phi) is 3.92. The molecule has 4 rings (SSSR count). The summed E-state index contributed by atoms with van der Waals surface area (Å²) in [6.07, 6.45) is 6.09. The van der Waals surface area contributed by atoms with Gasteiger partial charge in [0.25, 0.3) is 5.91 Å². The maximum Gasteiger partial charge on any atom is 0.256 e. The van der Waals surface area contributed by atoms with Gasteiger partial charge in [0.05, 0.1) is 11.9 Å². The number of rotatable bonds is 4. The lowest BCUT2D eigenvalue weighted by atomic mass is 9.95. The Bertz CT molecular complexity index is 751. The van der Waals surface area contributed by atoms with E-state index in [2.05, 4.69) is 31.6 Å². The number of carbonyl (C=O) groups excluding carboxylic acids is 1. The van der Waals surface area contributed by atoms with Crippen molar-refractivity contribution in [2.75, 3.05) is 24.5 Å². The highest BCUT2D eigenvalue weighted by molar-refractivity contribution is 5.94. The Hall–Kier alpha value is -2.44.